The van der Waals surface area contributed by atoms with Gasteiger partial charge in [0.1, 0.15) is 12.1 Å². The van der Waals surface area contributed by atoms with Crippen LogP contribution in [0.15, 0.2) is 36.8 Å². The summed E-state index contributed by atoms with van der Waals surface area (Å²) in [6.45, 7) is 3.19. The third-order valence-electron chi connectivity index (χ3n) is 3.21. The fourth-order valence-corrected chi connectivity index (χ4v) is 2.58. The number of imidazole rings is 1. The molecule has 0 bridgehead atoms. The average Bonchev–Trinajstić information content (AvgIpc) is 2.90. The Labute approximate surface area is 132 Å². The van der Waals surface area contributed by atoms with E-state index in [1.807, 2.05) is 23.6 Å². The minimum absolute atomic E-state index is 0.330. The van der Waals surface area contributed by atoms with E-state index in [-0.39, 0.29) is 0 Å². The van der Waals surface area contributed by atoms with Crippen molar-refractivity contribution in [1.29, 1.82) is 0 Å². The number of aromatic nitrogens is 3. The highest BCUT2D eigenvalue weighted by molar-refractivity contribution is 6.35. The van der Waals surface area contributed by atoms with E-state index in [0.29, 0.717) is 22.5 Å². The number of benzene rings is 1. The maximum absolute atomic E-state index is 6.15. The second-order valence-corrected chi connectivity index (χ2v) is 5.38. The van der Waals surface area contributed by atoms with Crippen LogP contribution in [0.25, 0.3) is 11.0 Å². The molecule has 0 saturated heterocycles. The minimum atomic E-state index is 0.330. The van der Waals surface area contributed by atoms with Crippen molar-refractivity contribution in [2.45, 2.75) is 20.1 Å². The van der Waals surface area contributed by atoms with Crippen LogP contribution in [0.3, 0.4) is 0 Å². The van der Waals surface area contributed by atoms with Crippen LogP contribution in [-0.4, -0.2) is 14.5 Å². The number of aryl methyl sites for hydroxylation is 1. The zero-order chi connectivity index (χ0) is 14.8. The Kier molecular flexibility index (Phi) is 3.99. The first-order chi connectivity index (χ1) is 10.2. The van der Waals surface area contributed by atoms with E-state index in [9.17, 15) is 0 Å². The van der Waals surface area contributed by atoms with Crippen molar-refractivity contribution in [2.24, 2.45) is 0 Å². The fourth-order valence-electron chi connectivity index (χ4n) is 2.12. The number of rotatable bonds is 4. The van der Waals surface area contributed by atoms with Crippen LogP contribution >= 0.6 is 23.2 Å². The molecule has 0 atom stereocenters. The molecule has 2 heterocycles. The number of fused-ring (bicyclic) bond motifs is 1. The van der Waals surface area contributed by atoms with E-state index in [2.05, 4.69) is 9.97 Å². The number of nitrogens with zero attached hydrogens (tertiary/aromatic N) is 3. The van der Waals surface area contributed by atoms with Crippen LogP contribution in [0.4, 0.5) is 0 Å². The summed E-state index contributed by atoms with van der Waals surface area (Å²) in [5.41, 5.74) is 2.62. The molecule has 0 fully saturated rings. The van der Waals surface area contributed by atoms with Gasteiger partial charge in [0.05, 0.1) is 11.8 Å². The lowest BCUT2D eigenvalue weighted by atomic mass is 10.2. The molecule has 2 aromatic heterocycles. The Bertz CT molecular complexity index is 786. The van der Waals surface area contributed by atoms with E-state index in [4.69, 9.17) is 27.9 Å². The molecule has 0 spiro atoms. The molecule has 0 aliphatic carbocycles. The van der Waals surface area contributed by atoms with Crippen LogP contribution < -0.4 is 4.74 Å². The SMILES string of the molecule is CCn1cnc2ccnc(OCc3ccc(Cl)cc3Cl)c21. The van der Waals surface area contributed by atoms with Crippen molar-refractivity contribution >= 4 is 34.2 Å². The smallest absolute Gasteiger partial charge is 0.240 e. The summed E-state index contributed by atoms with van der Waals surface area (Å²) >= 11 is 12.0. The Balaban J connectivity index is 1.90. The third kappa shape index (κ3) is 2.82. The third-order valence-corrected chi connectivity index (χ3v) is 3.80. The van der Waals surface area contributed by atoms with E-state index in [0.717, 1.165) is 23.1 Å². The maximum Gasteiger partial charge on any atom is 0.240 e. The van der Waals surface area contributed by atoms with E-state index < -0.39 is 0 Å². The molecule has 21 heavy (non-hydrogen) atoms. The van der Waals surface area contributed by atoms with Gasteiger partial charge >= 0.3 is 0 Å². The molecule has 0 saturated carbocycles. The molecule has 1 aromatic carbocycles. The predicted molar refractivity (Wildman–Crippen MR) is 84.0 cm³/mol. The molecule has 0 unspecified atom stereocenters. The van der Waals surface area contributed by atoms with Crippen LogP contribution in [-0.2, 0) is 13.2 Å². The van der Waals surface area contributed by atoms with E-state index >= 15 is 0 Å². The van der Waals surface area contributed by atoms with Gasteiger partial charge in [-0.05, 0) is 25.1 Å². The van der Waals surface area contributed by atoms with Crippen LogP contribution in [0.2, 0.25) is 10.0 Å². The lowest BCUT2D eigenvalue weighted by Gasteiger charge is -2.09. The lowest BCUT2D eigenvalue weighted by molar-refractivity contribution is 0.296. The number of hydrogen-bond acceptors (Lipinski definition) is 3. The fraction of sp³-hybridized carbons (Fsp3) is 0.200. The average molecular weight is 322 g/mol. The van der Waals surface area contributed by atoms with Crippen molar-refractivity contribution in [1.82, 2.24) is 14.5 Å². The molecule has 3 aromatic rings. The molecular formula is C15H13Cl2N3O. The van der Waals surface area contributed by atoms with Crippen LogP contribution in [0, 0.1) is 0 Å². The zero-order valence-electron chi connectivity index (χ0n) is 11.4. The van der Waals surface area contributed by atoms with Crippen molar-refractivity contribution in [3.63, 3.8) is 0 Å². The normalized spacial score (nSPS) is 11.0. The van der Waals surface area contributed by atoms with Gasteiger partial charge < -0.3 is 9.30 Å². The first kappa shape index (κ1) is 14.2. The summed E-state index contributed by atoms with van der Waals surface area (Å²) in [4.78, 5) is 8.63. The molecule has 4 nitrogen and oxygen atoms in total. The summed E-state index contributed by atoms with van der Waals surface area (Å²) in [6.07, 6.45) is 3.47. The first-order valence-corrected chi connectivity index (χ1v) is 7.31. The first-order valence-electron chi connectivity index (χ1n) is 6.55. The highest BCUT2D eigenvalue weighted by atomic mass is 35.5. The second-order valence-electron chi connectivity index (χ2n) is 4.54. The summed E-state index contributed by atoms with van der Waals surface area (Å²) in [5, 5.41) is 1.19. The van der Waals surface area contributed by atoms with Crippen molar-refractivity contribution in [3.05, 3.63) is 52.4 Å². The summed E-state index contributed by atoms with van der Waals surface area (Å²) in [7, 11) is 0. The number of ether oxygens (including phenoxy) is 1. The summed E-state index contributed by atoms with van der Waals surface area (Å²) < 4.78 is 7.83. The standard InChI is InChI=1S/C15H13Cl2N3O/c1-2-20-9-19-13-5-6-18-15(14(13)20)21-8-10-3-4-11(16)7-12(10)17/h3-7,9H,2,8H2,1H3. The van der Waals surface area contributed by atoms with E-state index in [1.165, 1.54) is 0 Å². The Morgan fingerprint density at radius 1 is 1.19 bits per heavy atom. The molecule has 0 radical (unpaired) electrons. The second kappa shape index (κ2) is 5.92. The van der Waals surface area contributed by atoms with Gasteiger partial charge in [-0.15, -0.1) is 0 Å². The van der Waals surface area contributed by atoms with Gasteiger partial charge in [0.2, 0.25) is 5.88 Å². The topological polar surface area (TPSA) is 39.9 Å². The van der Waals surface area contributed by atoms with Gasteiger partial charge in [-0.3, -0.25) is 0 Å². The minimum Gasteiger partial charge on any atom is -0.471 e. The van der Waals surface area contributed by atoms with Crippen LogP contribution in [0.1, 0.15) is 12.5 Å². The highest BCUT2D eigenvalue weighted by Gasteiger charge is 2.10. The van der Waals surface area contributed by atoms with Gasteiger partial charge in [-0.25, -0.2) is 9.97 Å². The van der Waals surface area contributed by atoms with Gasteiger partial charge in [-0.1, -0.05) is 29.3 Å². The monoisotopic (exact) mass is 321 g/mol. The van der Waals surface area contributed by atoms with Crippen molar-refractivity contribution in [2.75, 3.05) is 0 Å². The number of halogens is 2. The lowest BCUT2D eigenvalue weighted by Crippen LogP contribution is -2.01. The summed E-state index contributed by atoms with van der Waals surface area (Å²) in [6, 6.07) is 7.20. The predicted octanol–water partition coefficient (Wildman–Crippen LogP) is 4.34. The van der Waals surface area contributed by atoms with Crippen molar-refractivity contribution in [3.8, 4) is 5.88 Å². The molecular weight excluding hydrogens is 309 g/mol. The molecule has 6 heteroatoms. The largest absolute Gasteiger partial charge is 0.471 e. The molecule has 0 aliphatic heterocycles. The van der Waals surface area contributed by atoms with Gasteiger partial charge in [0.15, 0.2) is 0 Å². The quantitative estimate of drug-likeness (QED) is 0.717. The zero-order valence-corrected chi connectivity index (χ0v) is 12.9. The maximum atomic E-state index is 6.15. The summed E-state index contributed by atoms with van der Waals surface area (Å²) in [5.74, 6) is 0.554. The van der Waals surface area contributed by atoms with Crippen molar-refractivity contribution < 1.29 is 4.74 Å². The number of hydrogen-bond donors (Lipinski definition) is 0. The molecule has 3 rings (SSSR count). The van der Waals surface area contributed by atoms with Gasteiger partial charge in [-0.2, -0.15) is 0 Å². The van der Waals surface area contributed by atoms with E-state index in [1.54, 1.807) is 24.7 Å². The Morgan fingerprint density at radius 3 is 2.81 bits per heavy atom. The Morgan fingerprint density at radius 2 is 2.05 bits per heavy atom. The molecule has 0 aliphatic rings. The molecule has 0 amide bonds. The Hall–Kier alpha value is -1.78. The highest BCUT2D eigenvalue weighted by Crippen LogP contribution is 2.25. The molecule has 108 valence electrons. The van der Waals surface area contributed by atoms with Gasteiger partial charge in [0, 0.05) is 28.4 Å². The van der Waals surface area contributed by atoms with Crippen LogP contribution in [0.5, 0.6) is 5.88 Å². The van der Waals surface area contributed by atoms with Gasteiger partial charge in [0.25, 0.3) is 0 Å². The molecule has 0 N–H and O–H groups in total. The number of pyridine rings is 1.